The van der Waals surface area contributed by atoms with Crippen molar-refractivity contribution in [2.75, 3.05) is 0 Å². The summed E-state index contributed by atoms with van der Waals surface area (Å²) in [5.74, 6) is 1.82. The van der Waals surface area contributed by atoms with E-state index in [1.807, 2.05) is 66.9 Å². The van der Waals surface area contributed by atoms with Gasteiger partial charge in [0.1, 0.15) is 0 Å². The van der Waals surface area contributed by atoms with E-state index in [0.717, 1.165) is 36.9 Å². The lowest BCUT2D eigenvalue weighted by Crippen LogP contribution is -2.00. The Bertz CT molecular complexity index is 1330. The molecule has 0 aliphatic heterocycles. The number of pyridine rings is 1. The molecule has 5 aromatic rings. The van der Waals surface area contributed by atoms with E-state index < -0.39 is 0 Å². The number of aryl methyl sites for hydroxylation is 1. The minimum atomic E-state index is 0.587. The summed E-state index contributed by atoms with van der Waals surface area (Å²) in [6.45, 7) is 2.08. The summed E-state index contributed by atoms with van der Waals surface area (Å²) in [7, 11) is 0. The van der Waals surface area contributed by atoms with E-state index in [2.05, 4.69) is 68.0 Å². The number of aromatic nitrogens is 4. The van der Waals surface area contributed by atoms with Crippen LogP contribution in [0.25, 0.3) is 45.4 Å². The highest BCUT2D eigenvalue weighted by Gasteiger charge is 2.13. The van der Waals surface area contributed by atoms with Gasteiger partial charge >= 0.3 is 0 Å². The van der Waals surface area contributed by atoms with Gasteiger partial charge in [-0.1, -0.05) is 86.0 Å². The van der Waals surface area contributed by atoms with E-state index in [0.29, 0.717) is 17.5 Å². The highest BCUT2D eigenvalue weighted by atomic mass is 79.9. The first kappa shape index (κ1) is 21.6. The van der Waals surface area contributed by atoms with Gasteiger partial charge in [0.05, 0.1) is 5.69 Å². The molecule has 2 aromatic heterocycles. The minimum absolute atomic E-state index is 0.587. The van der Waals surface area contributed by atoms with Crippen molar-refractivity contribution >= 4 is 31.9 Å². The van der Waals surface area contributed by atoms with Crippen LogP contribution in [-0.4, -0.2) is 19.9 Å². The molecule has 0 aliphatic rings. The molecule has 0 spiro atoms. The zero-order valence-corrected chi connectivity index (χ0v) is 20.9. The lowest BCUT2D eigenvalue weighted by atomic mass is 10.1. The second-order valence-corrected chi connectivity index (χ2v) is 9.45. The number of hydrogen-bond acceptors (Lipinski definition) is 4. The first-order chi connectivity index (χ1) is 16.0. The molecule has 0 bridgehead atoms. The molecule has 2 heterocycles. The summed E-state index contributed by atoms with van der Waals surface area (Å²) < 4.78 is 2.01. The van der Waals surface area contributed by atoms with E-state index >= 15 is 0 Å². The van der Waals surface area contributed by atoms with Crippen LogP contribution in [-0.2, 0) is 0 Å². The van der Waals surface area contributed by atoms with Crippen molar-refractivity contribution in [3.63, 3.8) is 0 Å². The molecule has 0 aliphatic carbocycles. The minimum Gasteiger partial charge on any atom is -0.255 e. The SMILES string of the molecule is Cc1ccc(-c2ccc(-c3nc(-c4ccc(Br)cc4)nc(-c4ccc(Br)cc4)n3)cn2)cc1. The molecule has 0 fully saturated rings. The van der Waals surface area contributed by atoms with Gasteiger partial charge in [0.25, 0.3) is 0 Å². The second kappa shape index (κ2) is 9.33. The van der Waals surface area contributed by atoms with Gasteiger partial charge in [-0.2, -0.15) is 0 Å². The molecular formula is C27H18Br2N4. The first-order valence-electron chi connectivity index (χ1n) is 10.4. The van der Waals surface area contributed by atoms with Gasteiger partial charge in [-0.15, -0.1) is 0 Å². The van der Waals surface area contributed by atoms with Gasteiger partial charge in [-0.05, 0) is 43.3 Å². The van der Waals surface area contributed by atoms with Crippen LogP contribution in [0.2, 0.25) is 0 Å². The fourth-order valence-electron chi connectivity index (χ4n) is 3.38. The van der Waals surface area contributed by atoms with Gasteiger partial charge in [-0.25, -0.2) is 15.0 Å². The first-order valence-corrected chi connectivity index (χ1v) is 12.0. The summed E-state index contributed by atoms with van der Waals surface area (Å²) in [5.41, 5.74) is 5.89. The van der Waals surface area contributed by atoms with Gasteiger partial charge in [-0.3, -0.25) is 4.98 Å². The average Bonchev–Trinajstić information content (AvgIpc) is 2.85. The lowest BCUT2D eigenvalue weighted by molar-refractivity contribution is 1.07. The van der Waals surface area contributed by atoms with Crippen LogP contribution in [0.4, 0.5) is 0 Å². The van der Waals surface area contributed by atoms with Crippen molar-refractivity contribution in [1.29, 1.82) is 0 Å². The quantitative estimate of drug-likeness (QED) is 0.226. The Labute approximate surface area is 209 Å². The Kier molecular flexibility index (Phi) is 6.11. The summed E-state index contributed by atoms with van der Waals surface area (Å²) in [5, 5.41) is 0. The Hall–Kier alpha value is -3.22. The van der Waals surface area contributed by atoms with Crippen LogP contribution in [0.15, 0.2) is 100 Å². The Morgan fingerprint density at radius 1 is 0.485 bits per heavy atom. The molecule has 0 N–H and O–H groups in total. The van der Waals surface area contributed by atoms with E-state index in [1.54, 1.807) is 0 Å². The smallest absolute Gasteiger partial charge is 0.165 e. The number of nitrogens with zero attached hydrogens (tertiary/aromatic N) is 4. The molecule has 5 rings (SSSR count). The number of benzene rings is 3. The van der Waals surface area contributed by atoms with Crippen LogP contribution in [0.5, 0.6) is 0 Å². The van der Waals surface area contributed by atoms with Crippen molar-refractivity contribution in [3.8, 4) is 45.4 Å². The van der Waals surface area contributed by atoms with Crippen molar-refractivity contribution < 1.29 is 0 Å². The normalized spacial score (nSPS) is 10.9. The van der Waals surface area contributed by atoms with Crippen molar-refractivity contribution in [1.82, 2.24) is 19.9 Å². The van der Waals surface area contributed by atoms with Gasteiger partial charge < -0.3 is 0 Å². The molecule has 3 aromatic carbocycles. The van der Waals surface area contributed by atoms with Crippen LogP contribution in [0.1, 0.15) is 5.56 Å². The zero-order chi connectivity index (χ0) is 22.8. The monoisotopic (exact) mass is 556 g/mol. The Balaban J connectivity index is 1.59. The van der Waals surface area contributed by atoms with Crippen LogP contribution in [0.3, 0.4) is 0 Å². The third-order valence-electron chi connectivity index (χ3n) is 5.21. The molecule has 6 heteroatoms. The summed E-state index contributed by atoms with van der Waals surface area (Å²) >= 11 is 6.98. The second-order valence-electron chi connectivity index (χ2n) is 7.62. The molecule has 0 saturated heterocycles. The van der Waals surface area contributed by atoms with E-state index in [1.165, 1.54) is 5.56 Å². The largest absolute Gasteiger partial charge is 0.255 e. The number of hydrogen-bond donors (Lipinski definition) is 0. The number of halogens is 2. The van der Waals surface area contributed by atoms with Crippen LogP contribution in [0, 0.1) is 6.92 Å². The van der Waals surface area contributed by atoms with Gasteiger partial charge in [0, 0.05) is 37.4 Å². The Morgan fingerprint density at radius 2 is 0.909 bits per heavy atom. The predicted octanol–water partition coefficient (Wildman–Crippen LogP) is 7.77. The molecule has 0 atom stereocenters. The summed E-state index contributed by atoms with van der Waals surface area (Å²) in [6.07, 6.45) is 1.82. The summed E-state index contributed by atoms with van der Waals surface area (Å²) in [6, 6.07) is 28.3. The van der Waals surface area contributed by atoms with Gasteiger partial charge in [0.15, 0.2) is 17.5 Å². The molecule has 0 unspecified atom stereocenters. The van der Waals surface area contributed by atoms with Gasteiger partial charge in [0.2, 0.25) is 0 Å². The molecule has 160 valence electrons. The fourth-order valence-corrected chi connectivity index (χ4v) is 3.91. The van der Waals surface area contributed by atoms with Crippen LogP contribution < -0.4 is 0 Å². The lowest BCUT2D eigenvalue weighted by Gasteiger charge is -2.09. The molecule has 4 nitrogen and oxygen atoms in total. The van der Waals surface area contributed by atoms with Crippen molar-refractivity contribution in [2.45, 2.75) is 6.92 Å². The third kappa shape index (κ3) is 4.92. The maximum atomic E-state index is 4.77. The molecule has 0 radical (unpaired) electrons. The maximum absolute atomic E-state index is 4.77. The average molecular weight is 558 g/mol. The molecular weight excluding hydrogens is 540 g/mol. The van der Waals surface area contributed by atoms with Crippen LogP contribution >= 0.6 is 31.9 Å². The zero-order valence-electron chi connectivity index (χ0n) is 17.7. The fraction of sp³-hybridized carbons (Fsp3) is 0.0370. The summed E-state index contributed by atoms with van der Waals surface area (Å²) in [4.78, 5) is 19.0. The highest BCUT2D eigenvalue weighted by Crippen LogP contribution is 2.27. The van der Waals surface area contributed by atoms with E-state index in [4.69, 9.17) is 15.0 Å². The van der Waals surface area contributed by atoms with Crippen molar-refractivity contribution in [2.24, 2.45) is 0 Å². The maximum Gasteiger partial charge on any atom is 0.165 e. The van der Waals surface area contributed by atoms with E-state index in [-0.39, 0.29) is 0 Å². The number of rotatable bonds is 4. The molecule has 0 saturated carbocycles. The topological polar surface area (TPSA) is 51.6 Å². The van der Waals surface area contributed by atoms with E-state index in [9.17, 15) is 0 Å². The molecule has 33 heavy (non-hydrogen) atoms. The third-order valence-corrected chi connectivity index (χ3v) is 6.27. The standard InChI is InChI=1S/C27H18Br2N4/c1-17-2-4-18(5-3-17)24-15-10-21(16-30-24)27-32-25(19-6-11-22(28)12-7-19)31-26(33-27)20-8-13-23(29)14-9-20/h2-16H,1H3. The predicted molar refractivity (Wildman–Crippen MR) is 140 cm³/mol. The van der Waals surface area contributed by atoms with Crippen molar-refractivity contribution in [3.05, 3.63) is 106 Å². The molecule has 0 amide bonds. The highest BCUT2D eigenvalue weighted by molar-refractivity contribution is 9.10. The Morgan fingerprint density at radius 3 is 1.36 bits per heavy atom.